The number of nitrogens with zero attached hydrogens (tertiary/aromatic N) is 4. The maximum atomic E-state index is 13.0. The molecule has 0 aliphatic rings. The molecule has 2 heterocycles. The molecule has 6 rings (SSSR count). The van der Waals surface area contributed by atoms with E-state index in [0.717, 1.165) is 35.4 Å². The SMILES string of the molecule is FC(F)(F)c1cccc(-c2nnc(-c3ccc(Cc4ccc(-c5nnc(-c6cccc(C(F)(F)F)c6)o5)cc4)cc3)o2)c1. The molecule has 0 saturated heterocycles. The third kappa shape index (κ3) is 6.17. The van der Waals surface area contributed by atoms with E-state index >= 15 is 0 Å². The van der Waals surface area contributed by atoms with E-state index in [-0.39, 0.29) is 34.7 Å². The van der Waals surface area contributed by atoms with Crippen LogP contribution >= 0.6 is 0 Å². The van der Waals surface area contributed by atoms with Gasteiger partial charge in [0, 0.05) is 22.3 Å². The van der Waals surface area contributed by atoms with Gasteiger partial charge in [0.2, 0.25) is 23.6 Å². The summed E-state index contributed by atoms with van der Waals surface area (Å²) in [6.07, 6.45) is -8.39. The second kappa shape index (κ2) is 10.9. The summed E-state index contributed by atoms with van der Waals surface area (Å²) in [5, 5.41) is 15.7. The third-order valence-corrected chi connectivity index (χ3v) is 6.53. The first-order chi connectivity index (χ1) is 20.5. The highest BCUT2D eigenvalue weighted by Gasteiger charge is 2.31. The number of alkyl halides is 6. The molecule has 0 radical (unpaired) electrons. The van der Waals surface area contributed by atoms with Crippen molar-refractivity contribution in [1.29, 1.82) is 0 Å². The van der Waals surface area contributed by atoms with Gasteiger partial charge >= 0.3 is 12.4 Å². The fourth-order valence-electron chi connectivity index (χ4n) is 4.34. The predicted molar refractivity (Wildman–Crippen MR) is 143 cm³/mol. The quantitative estimate of drug-likeness (QED) is 0.180. The molecule has 0 aliphatic carbocycles. The van der Waals surface area contributed by atoms with E-state index in [1.807, 2.05) is 24.3 Å². The van der Waals surface area contributed by atoms with Crippen LogP contribution in [0.2, 0.25) is 0 Å². The summed E-state index contributed by atoms with van der Waals surface area (Å²) < 4.78 is 89.5. The summed E-state index contributed by atoms with van der Waals surface area (Å²) in [6, 6.07) is 24.0. The Labute approximate surface area is 239 Å². The molecule has 0 bridgehead atoms. The molecule has 6 nitrogen and oxygen atoms in total. The van der Waals surface area contributed by atoms with Crippen LogP contribution < -0.4 is 0 Å². The van der Waals surface area contributed by atoms with Crippen molar-refractivity contribution in [3.05, 3.63) is 119 Å². The Morgan fingerprint density at radius 3 is 1.14 bits per heavy atom. The van der Waals surface area contributed by atoms with E-state index < -0.39 is 23.5 Å². The highest BCUT2D eigenvalue weighted by Crippen LogP contribution is 2.34. The molecule has 0 aliphatic heterocycles. The molecule has 4 aromatic carbocycles. The minimum Gasteiger partial charge on any atom is -0.416 e. The van der Waals surface area contributed by atoms with Gasteiger partial charge in [-0.1, -0.05) is 36.4 Å². The van der Waals surface area contributed by atoms with Crippen LogP contribution in [0.5, 0.6) is 0 Å². The molecule has 0 fully saturated rings. The van der Waals surface area contributed by atoms with Crippen molar-refractivity contribution in [2.45, 2.75) is 18.8 Å². The van der Waals surface area contributed by atoms with Gasteiger partial charge in [0.25, 0.3) is 0 Å². The van der Waals surface area contributed by atoms with Crippen LogP contribution in [0.15, 0.2) is 106 Å². The van der Waals surface area contributed by atoms with E-state index in [2.05, 4.69) is 20.4 Å². The lowest BCUT2D eigenvalue weighted by molar-refractivity contribution is -0.138. The minimum absolute atomic E-state index is 0.0199. The van der Waals surface area contributed by atoms with E-state index in [0.29, 0.717) is 17.5 Å². The molecule has 6 aromatic rings. The van der Waals surface area contributed by atoms with Crippen molar-refractivity contribution in [2.24, 2.45) is 0 Å². The molecule has 0 N–H and O–H groups in total. The molecule has 43 heavy (non-hydrogen) atoms. The first-order valence-corrected chi connectivity index (χ1v) is 12.7. The summed E-state index contributed by atoms with van der Waals surface area (Å²) in [6.45, 7) is 0. The number of hydrogen-bond acceptors (Lipinski definition) is 6. The average Bonchev–Trinajstić information content (AvgIpc) is 3.69. The van der Waals surface area contributed by atoms with Crippen molar-refractivity contribution in [3.63, 3.8) is 0 Å². The first-order valence-electron chi connectivity index (χ1n) is 12.7. The molecule has 0 atom stereocenters. The van der Waals surface area contributed by atoms with E-state index in [1.54, 1.807) is 24.3 Å². The van der Waals surface area contributed by atoms with Crippen LogP contribution in [-0.4, -0.2) is 20.4 Å². The summed E-state index contributed by atoms with van der Waals surface area (Å²) in [4.78, 5) is 0. The summed E-state index contributed by atoms with van der Waals surface area (Å²) >= 11 is 0. The molecule has 0 spiro atoms. The first kappa shape index (κ1) is 27.9. The second-order valence-corrected chi connectivity index (χ2v) is 9.55. The average molecular weight is 592 g/mol. The van der Waals surface area contributed by atoms with Gasteiger partial charge in [-0.05, 0) is 78.2 Å². The zero-order valence-electron chi connectivity index (χ0n) is 21.8. The topological polar surface area (TPSA) is 77.8 Å². The van der Waals surface area contributed by atoms with E-state index in [1.165, 1.54) is 24.3 Å². The third-order valence-electron chi connectivity index (χ3n) is 6.53. The Balaban J connectivity index is 1.12. The summed E-state index contributed by atoms with van der Waals surface area (Å²) in [5.74, 6) is 0.307. The normalized spacial score (nSPS) is 12.0. The molecular weight excluding hydrogens is 574 g/mol. The zero-order valence-corrected chi connectivity index (χ0v) is 21.8. The Morgan fingerprint density at radius 2 is 0.791 bits per heavy atom. The van der Waals surface area contributed by atoms with Crippen LogP contribution in [0, 0.1) is 0 Å². The molecule has 0 amide bonds. The molecule has 216 valence electrons. The van der Waals surface area contributed by atoms with Crippen molar-refractivity contribution in [1.82, 2.24) is 20.4 Å². The van der Waals surface area contributed by atoms with Crippen molar-refractivity contribution in [2.75, 3.05) is 0 Å². The van der Waals surface area contributed by atoms with Gasteiger partial charge in [0.15, 0.2) is 0 Å². The Hall–Kier alpha value is -5.26. The second-order valence-electron chi connectivity index (χ2n) is 9.55. The van der Waals surface area contributed by atoms with Crippen LogP contribution in [0.25, 0.3) is 45.8 Å². The number of halogens is 6. The van der Waals surface area contributed by atoms with Gasteiger partial charge in [-0.15, -0.1) is 20.4 Å². The Bertz CT molecular complexity index is 1740. The number of rotatable bonds is 6. The molecule has 0 saturated carbocycles. The standard InChI is InChI=1S/C31H18F6N4O2/c32-30(33,34)24-5-1-3-22(16-24)28-40-38-26(42-28)20-11-7-18(8-12-20)15-19-9-13-21(14-10-19)27-39-41-29(43-27)23-4-2-6-25(17-23)31(35,36)37/h1-14,16-17H,15H2. The molecule has 0 unspecified atom stereocenters. The van der Waals surface area contributed by atoms with Crippen molar-refractivity contribution < 1.29 is 35.2 Å². The zero-order chi connectivity index (χ0) is 30.2. The van der Waals surface area contributed by atoms with Crippen LogP contribution in [0.4, 0.5) is 26.3 Å². The van der Waals surface area contributed by atoms with E-state index in [4.69, 9.17) is 8.83 Å². The fourth-order valence-corrected chi connectivity index (χ4v) is 4.34. The predicted octanol–water partition coefficient (Wildman–Crippen LogP) is 8.75. The summed E-state index contributed by atoms with van der Waals surface area (Å²) in [7, 11) is 0. The highest BCUT2D eigenvalue weighted by atomic mass is 19.4. The fraction of sp³-hybridized carbons (Fsp3) is 0.0968. The Kier molecular flexibility index (Phi) is 7.04. The van der Waals surface area contributed by atoms with Crippen LogP contribution in [0.1, 0.15) is 22.3 Å². The van der Waals surface area contributed by atoms with Gasteiger partial charge in [0.05, 0.1) is 11.1 Å². The highest BCUT2D eigenvalue weighted by molar-refractivity contribution is 5.60. The van der Waals surface area contributed by atoms with E-state index in [9.17, 15) is 26.3 Å². The summed E-state index contributed by atoms with van der Waals surface area (Å²) in [5.41, 5.74) is 1.88. The lowest BCUT2D eigenvalue weighted by atomic mass is 10.0. The monoisotopic (exact) mass is 592 g/mol. The van der Waals surface area contributed by atoms with Gasteiger partial charge in [-0.25, -0.2) is 0 Å². The molecular formula is C31H18F6N4O2. The van der Waals surface area contributed by atoms with Gasteiger partial charge in [-0.3, -0.25) is 0 Å². The van der Waals surface area contributed by atoms with Crippen LogP contribution in [0.3, 0.4) is 0 Å². The minimum atomic E-state index is -4.49. The molecule has 2 aromatic heterocycles. The number of hydrogen-bond donors (Lipinski definition) is 0. The smallest absolute Gasteiger partial charge is 0.416 e. The maximum Gasteiger partial charge on any atom is 0.416 e. The molecule has 12 heteroatoms. The van der Waals surface area contributed by atoms with Gasteiger partial charge in [0.1, 0.15) is 0 Å². The van der Waals surface area contributed by atoms with Gasteiger partial charge in [-0.2, -0.15) is 26.3 Å². The van der Waals surface area contributed by atoms with Gasteiger partial charge < -0.3 is 8.83 Å². The number of benzene rings is 4. The number of aromatic nitrogens is 4. The van der Waals surface area contributed by atoms with Crippen molar-refractivity contribution in [3.8, 4) is 45.8 Å². The lowest BCUT2D eigenvalue weighted by Crippen LogP contribution is -2.04. The maximum absolute atomic E-state index is 13.0. The largest absolute Gasteiger partial charge is 0.416 e. The van der Waals surface area contributed by atoms with Crippen LogP contribution in [-0.2, 0) is 18.8 Å². The Morgan fingerprint density at radius 1 is 0.442 bits per heavy atom. The van der Waals surface area contributed by atoms with Crippen molar-refractivity contribution >= 4 is 0 Å². The lowest BCUT2D eigenvalue weighted by Gasteiger charge is -2.06.